The standard InChI is InChI=1S/C9H11O3P.C4H11NO3/c1-2-5-8-6-3-4-7-9(8)12-13(10)11;5-4(1-6,2-7)3-8/h2-4,6-7,10-11H,1,5H2;6-8H,1-3,5H2. The molecule has 0 heterocycles. The number of nitrogens with two attached hydrogens (primary N) is 1. The van der Waals surface area contributed by atoms with Crippen molar-refractivity contribution in [1.29, 1.82) is 0 Å². The summed E-state index contributed by atoms with van der Waals surface area (Å²) in [6.07, 6.45) is 2.39. The number of aliphatic hydroxyl groups is 3. The minimum atomic E-state index is -2.34. The highest BCUT2D eigenvalue weighted by atomic mass is 31.2. The van der Waals surface area contributed by atoms with Crippen molar-refractivity contribution in [2.75, 3.05) is 19.8 Å². The van der Waals surface area contributed by atoms with Crippen molar-refractivity contribution in [1.82, 2.24) is 0 Å². The summed E-state index contributed by atoms with van der Waals surface area (Å²) in [5.41, 5.74) is 4.83. The Bertz CT molecular complexity index is 403. The predicted octanol–water partition coefficient (Wildman–Crippen LogP) is -0.334. The maximum absolute atomic E-state index is 8.67. The Labute approximate surface area is 124 Å². The molecule has 0 aliphatic heterocycles. The van der Waals surface area contributed by atoms with Gasteiger partial charge in [0.1, 0.15) is 5.75 Å². The molecule has 0 aliphatic rings. The Balaban J connectivity index is 0.000000433. The highest BCUT2D eigenvalue weighted by Gasteiger charge is 2.20. The first-order chi connectivity index (χ1) is 9.92. The van der Waals surface area contributed by atoms with E-state index >= 15 is 0 Å². The topological polar surface area (TPSA) is 136 Å². The normalized spacial score (nSPS) is 10.8. The first-order valence-corrected chi connectivity index (χ1v) is 7.25. The highest BCUT2D eigenvalue weighted by molar-refractivity contribution is 7.39. The summed E-state index contributed by atoms with van der Waals surface area (Å²) in [6, 6.07) is 7.19. The van der Waals surface area contributed by atoms with Crippen LogP contribution in [0.4, 0.5) is 0 Å². The molecule has 0 saturated carbocycles. The van der Waals surface area contributed by atoms with Crippen LogP contribution in [0.3, 0.4) is 0 Å². The number of hydrogen-bond donors (Lipinski definition) is 6. The molecule has 0 aromatic heterocycles. The van der Waals surface area contributed by atoms with Gasteiger partial charge in [0.25, 0.3) is 0 Å². The minimum absolute atomic E-state index is 0.403. The molecule has 0 aliphatic carbocycles. The van der Waals surface area contributed by atoms with Gasteiger partial charge in [0.15, 0.2) is 0 Å². The smallest absolute Gasteiger partial charge is 0.391 e. The lowest BCUT2D eigenvalue weighted by atomic mass is 10.1. The van der Waals surface area contributed by atoms with Crippen LogP contribution in [0.5, 0.6) is 5.75 Å². The molecule has 7 N–H and O–H groups in total. The molecule has 0 bridgehead atoms. The fraction of sp³-hybridized carbons (Fsp3) is 0.385. The third-order valence-electron chi connectivity index (χ3n) is 2.46. The molecule has 0 saturated heterocycles. The van der Waals surface area contributed by atoms with E-state index in [1.807, 2.05) is 12.1 Å². The van der Waals surface area contributed by atoms with Crippen LogP contribution in [0.1, 0.15) is 5.56 Å². The Hall–Kier alpha value is -1.05. The molecule has 0 spiro atoms. The van der Waals surface area contributed by atoms with Gasteiger partial charge in [-0.05, 0) is 18.1 Å². The Morgan fingerprint density at radius 2 is 1.67 bits per heavy atom. The quantitative estimate of drug-likeness (QED) is 0.299. The summed E-state index contributed by atoms with van der Waals surface area (Å²) < 4.78 is 4.83. The fourth-order valence-corrected chi connectivity index (χ4v) is 1.51. The molecule has 0 unspecified atom stereocenters. The largest absolute Gasteiger partial charge is 0.427 e. The van der Waals surface area contributed by atoms with E-state index < -0.39 is 34.0 Å². The van der Waals surface area contributed by atoms with Gasteiger partial charge in [-0.3, -0.25) is 0 Å². The van der Waals surface area contributed by atoms with Gasteiger partial charge in [-0.15, -0.1) is 6.58 Å². The zero-order chi connectivity index (χ0) is 16.3. The van der Waals surface area contributed by atoms with E-state index in [1.54, 1.807) is 18.2 Å². The zero-order valence-corrected chi connectivity index (χ0v) is 12.5. The van der Waals surface area contributed by atoms with E-state index in [1.165, 1.54) is 0 Å². The number of para-hydroxylation sites is 1. The SMILES string of the molecule is C=CCc1ccccc1OP(O)O.NC(CO)(CO)CO. The third-order valence-corrected chi connectivity index (χ3v) is 2.82. The summed E-state index contributed by atoms with van der Waals surface area (Å²) in [6.45, 7) is 2.39. The molecule has 0 radical (unpaired) electrons. The molecule has 8 heteroatoms. The molecule has 7 nitrogen and oxygen atoms in total. The lowest BCUT2D eigenvalue weighted by molar-refractivity contribution is 0.0697. The number of aliphatic hydroxyl groups excluding tert-OH is 3. The monoisotopic (exact) mass is 319 g/mol. The number of hydrogen-bond acceptors (Lipinski definition) is 7. The van der Waals surface area contributed by atoms with E-state index in [2.05, 4.69) is 6.58 Å². The molecule has 1 aromatic carbocycles. The van der Waals surface area contributed by atoms with Crippen LogP contribution >= 0.6 is 8.60 Å². The second kappa shape index (κ2) is 10.6. The van der Waals surface area contributed by atoms with Crippen LogP contribution in [0.2, 0.25) is 0 Å². The number of allylic oxidation sites excluding steroid dienone is 1. The van der Waals surface area contributed by atoms with Crippen LogP contribution in [0, 0.1) is 0 Å². The molecule has 0 atom stereocenters. The van der Waals surface area contributed by atoms with E-state index in [-0.39, 0.29) is 0 Å². The van der Waals surface area contributed by atoms with Gasteiger partial charge in [-0.25, -0.2) is 0 Å². The number of benzene rings is 1. The average molecular weight is 319 g/mol. The van der Waals surface area contributed by atoms with Crippen LogP contribution in [0.25, 0.3) is 0 Å². The van der Waals surface area contributed by atoms with Crippen molar-refractivity contribution < 1.29 is 29.6 Å². The van der Waals surface area contributed by atoms with Crippen molar-refractivity contribution in [3.63, 3.8) is 0 Å². The van der Waals surface area contributed by atoms with Gasteiger partial charge in [0.05, 0.1) is 25.4 Å². The van der Waals surface area contributed by atoms with Gasteiger partial charge in [-0.1, -0.05) is 24.3 Å². The van der Waals surface area contributed by atoms with Gasteiger partial charge in [-0.2, -0.15) is 0 Å². The van der Waals surface area contributed by atoms with Gasteiger partial charge in [0, 0.05) is 0 Å². The Morgan fingerprint density at radius 1 is 1.14 bits per heavy atom. The van der Waals surface area contributed by atoms with Crippen molar-refractivity contribution in [2.24, 2.45) is 5.73 Å². The highest BCUT2D eigenvalue weighted by Crippen LogP contribution is 2.31. The minimum Gasteiger partial charge on any atom is -0.427 e. The van der Waals surface area contributed by atoms with Crippen molar-refractivity contribution in [3.05, 3.63) is 42.5 Å². The maximum atomic E-state index is 8.67. The first kappa shape index (κ1) is 19.9. The maximum Gasteiger partial charge on any atom is 0.391 e. The van der Waals surface area contributed by atoms with E-state index in [0.717, 1.165) is 5.56 Å². The summed E-state index contributed by atoms with van der Waals surface area (Å²) in [4.78, 5) is 17.3. The van der Waals surface area contributed by atoms with E-state index in [4.69, 9.17) is 35.4 Å². The second-order valence-corrected chi connectivity index (χ2v) is 4.97. The van der Waals surface area contributed by atoms with Crippen LogP contribution in [-0.2, 0) is 6.42 Å². The molecule has 120 valence electrons. The third kappa shape index (κ3) is 8.08. The van der Waals surface area contributed by atoms with Crippen LogP contribution in [0.15, 0.2) is 36.9 Å². The molecule has 21 heavy (non-hydrogen) atoms. The lowest BCUT2D eigenvalue weighted by Crippen LogP contribution is -2.50. The molecule has 1 rings (SSSR count). The van der Waals surface area contributed by atoms with Gasteiger partial charge in [0.2, 0.25) is 0 Å². The van der Waals surface area contributed by atoms with Gasteiger partial charge >= 0.3 is 8.60 Å². The van der Waals surface area contributed by atoms with Crippen molar-refractivity contribution in [2.45, 2.75) is 12.0 Å². The number of rotatable bonds is 7. The Morgan fingerprint density at radius 3 is 2.05 bits per heavy atom. The van der Waals surface area contributed by atoms with Crippen LogP contribution in [-0.4, -0.2) is 50.5 Å². The van der Waals surface area contributed by atoms with Crippen molar-refractivity contribution >= 4 is 8.60 Å². The lowest BCUT2D eigenvalue weighted by Gasteiger charge is -2.20. The zero-order valence-electron chi connectivity index (χ0n) is 11.6. The Kier molecular flexibility index (Phi) is 10.1. The summed E-state index contributed by atoms with van der Waals surface area (Å²) >= 11 is 0. The van der Waals surface area contributed by atoms with Crippen LogP contribution < -0.4 is 10.3 Å². The summed E-state index contributed by atoms with van der Waals surface area (Å²) in [7, 11) is -2.34. The van der Waals surface area contributed by atoms with Crippen molar-refractivity contribution in [3.8, 4) is 5.75 Å². The summed E-state index contributed by atoms with van der Waals surface area (Å²) in [5, 5.41) is 25.0. The van der Waals surface area contributed by atoms with E-state index in [0.29, 0.717) is 12.2 Å². The molecular weight excluding hydrogens is 297 g/mol. The molecule has 0 amide bonds. The van der Waals surface area contributed by atoms with Gasteiger partial charge < -0.3 is 35.4 Å². The fourth-order valence-electron chi connectivity index (χ4n) is 1.15. The second-order valence-electron chi connectivity index (χ2n) is 4.28. The predicted molar refractivity (Wildman–Crippen MR) is 80.5 cm³/mol. The summed E-state index contributed by atoms with van der Waals surface area (Å²) in [5.74, 6) is 0.499. The molecule has 1 aromatic rings. The van der Waals surface area contributed by atoms with E-state index in [9.17, 15) is 0 Å². The molecular formula is C13H22NO6P. The molecule has 0 fully saturated rings. The first-order valence-electron chi connectivity index (χ1n) is 6.08. The average Bonchev–Trinajstić information content (AvgIpc) is 2.49.